The number of rotatable bonds is 8. The van der Waals surface area contributed by atoms with Gasteiger partial charge in [0, 0.05) is 0 Å². The zero-order chi connectivity index (χ0) is 21.8. The van der Waals surface area contributed by atoms with Crippen LogP contribution in [-0.4, -0.2) is 38.1 Å². The lowest BCUT2D eigenvalue weighted by Crippen LogP contribution is -2.08. The van der Waals surface area contributed by atoms with Gasteiger partial charge in [-0.05, 0) is 36.0 Å². The lowest BCUT2D eigenvalue weighted by atomic mass is 10.2. The van der Waals surface area contributed by atoms with Crippen molar-refractivity contribution in [1.29, 1.82) is 0 Å². The van der Waals surface area contributed by atoms with Crippen LogP contribution in [0.4, 0.5) is 24.7 Å². The molecule has 0 saturated carbocycles. The average Bonchev–Trinajstić information content (AvgIpc) is 3.17. The molecular weight excluding hydrogens is 427 g/mol. The summed E-state index contributed by atoms with van der Waals surface area (Å²) in [5, 5.41) is 2.66. The van der Waals surface area contributed by atoms with Gasteiger partial charge in [-0.25, -0.2) is 28.1 Å². The molecule has 31 heavy (non-hydrogen) atoms. The van der Waals surface area contributed by atoms with Crippen molar-refractivity contribution in [3.05, 3.63) is 66.2 Å². The first-order valence-corrected chi connectivity index (χ1v) is 10.9. The van der Waals surface area contributed by atoms with E-state index in [1.807, 2.05) is 6.26 Å². The Morgan fingerprint density at radius 1 is 1.00 bits per heavy atom. The first-order valence-electron chi connectivity index (χ1n) is 9.40. The number of aromatic nitrogens is 4. The molecule has 0 spiro atoms. The third-order valence-corrected chi connectivity index (χ3v) is 5.10. The Hall–Kier alpha value is -3.11. The van der Waals surface area contributed by atoms with Crippen molar-refractivity contribution in [3.63, 3.8) is 0 Å². The molecule has 0 aliphatic rings. The summed E-state index contributed by atoms with van der Waals surface area (Å²) < 4.78 is 50.1. The minimum absolute atomic E-state index is 0.0538. The summed E-state index contributed by atoms with van der Waals surface area (Å²) in [4.78, 5) is 13.1. The molecule has 0 fully saturated rings. The molecule has 0 atom stereocenters. The van der Waals surface area contributed by atoms with Crippen molar-refractivity contribution in [2.24, 2.45) is 0 Å². The van der Waals surface area contributed by atoms with Crippen LogP contribution in [0.2, 0.25) is 0 Å². The highest BCUT2D eigenvalue weighted by Gasteiger charge is 2.19. The van der Waals surface area contributed by atoms with Crippen molar-refractivity contribution in [2.75, 3.05) is 23.9 Å². The molecular formula is C21H19F3N5OS+. The molecule has 0 bridgehead atoms. The predicted octanol–water partition coefficient (Wildman–Crippen LogP) is 4.07. The van der Waals surface area contributed by atoms with Crippen molar-refractivity contribution >= 4 is 34.4 Å². The van der Waals surface area contributed by atoms with E-state index >= 15 is 0 Å². The maximum atomic E-state index is 14.4. The van der Waals surface area contributed by atoms with Gasteiger partial charge in [0.2, 0.25) is 0 Å². The van der Waals surface area contributed by atoms with Crippen molar-refractivity contribution in [2.45, 2.75) is 6.73 Å². The van der Waals surface area contributed by atoms with Gasteiger partial charge in [0.1, 0.15) is 35.6 Å². The number of benzene rings is 2. The standard InChI is InChI=1S/C21H18F3N5OS/c1-31-10-9-30-12-29-11-25-18-20(26-17-15(23)7-4-8-16(17)24)27-19(28-21(18)29)13-5-2-3-6-14(13)22/h2-8,11H,9-10,12H2,1H3,(H,26,27,28)/p+1. The second kappa shape index (κ2) is 9.36. The van der Waals surface area contributed by atoms with Crippen LogP contribution in [0.25, 0.3) is 22.6 Å². The van der Waals surface area contributed by atoms with Gasteiger partial charge in [-0.15, -0.1) is 0 Å². The molecule has 0 amide bonds. The van der Waals surface area contributed by atoms with E-state index in [0.29, 0.717) is 12.3 Å². The van der Waals surface area contributed by atoms with Crippen LogP contribution < -0.4 is 5.32 Å². The first kappa shape index (κ1) is 21.1. The van der Waals surface area contributed by atoms with Crippen LogP contribution in [0.15, 0.2) is 48.8 Å². The molecule has 10 heteroatoms. The Morgan fingerprint density at radius 3 is 2.48 bits per heavy atom. The average molecular weight is 446 g/mol. The highest BCUT2D eigenvalue weighted by atomic mass is 32.2. The number of fused-ring (bicyclic) bond motifs is 1. The van der Waals surface area contributed by atoms with E-state index in [0.717, 1.165) is 17.9 Å². The van der Waals surface area contributed by atoms with Gasteiger partial charge in [-0.2, -0.15) is 0 Å². The topological polar surface area (TPSA) is 64.9 Å². The molecule has 6 nitrogen and oxygen atoms in total. The van der Waals surface area contributed by atoms with E-state index in [1.165, 1.54) is 36.3 Å². The lowest BCUT2D eigenvalue weighted by Gasteiger charge is -2.11. The maximum Gasteiger partial charge on any atom is 0.168 e. The summed E-state index contributed by atoms with van der Waals surface area (Å²) >= 11 is 1.21. The zero-order valence-electron chi connectivity index (χ0n) is 16.5. The summed E-state index contributed by atoms with van der Waals surface area (Å²) in [6.45, 7) is 0.724. The number of hydrogen-bond acceptors (Lipinski definition) is 5. The lowest BCUT2D eigenvalue weighted by molar-refractivity contribution is 0.0922. The number of thiol groups is 1. The molecule has 0 aliphatic heterocycles. The van der Waals surface area contributed by atoms with Gasteiger partial charge in [-0.1, -0.05) is 18.2 Å². The molecule has 1 N–H and O–H groups in total. The molecule has 0 radical (unpaired) electrons. The van der Waals surface area contributed by atoms with Crippen molar-refractivity contribution in [3.8, 4) is 11.4 Å². The van der Waals surface area contributed by atoms with Crippen molar-refractivity contribution in [1.82, 2.24) is 19.5 Å². The normalized spacial score (nSPS) is 11.2. The second-order valence-electron chi connectivity index (χ2n) is 6.56. The molecule has 4 rings (SSSR count). The third-order valence-electron chi connectivity index (χ3n) is 4.47. The van der Waals surface area contributed by atoms with Crippen LogP contribution in [-0.2, 0) is 23.2 Å². The molecule has 2 aromatic carbocycles. The van der Waals surface area contributed by atoms with E-state index < -0.39 is 17.5 Å². The van der Waals surface area contributed by atoms with Gasteiger partial charge in [-0.3, -0.25) is 4.57 Å². The fourth-order valence-corrected chi connectivity index (χ4v) is 3.25. The van der Waals surface area contributed by atoms with Gasteiger partial charge in [0.25, 0.3) is 0 Å². The molecule has 4 aromatic rings. The SMILES string of the molecule is C[SH+]CCOCn1cnc2c(Nc3c(F)cccc3F)nc(-c3ccccc3F)nc21. The van der Waals surface area contributed by atoms with Crippen LogP contribution in [0, 0.1) is 17.5 Å². The summed E-state index contributed by atoms with van der Waals surface area (Å²) in [5.74, 6) is -1.12. The Bertz CT molecular complexity index is 1200. The molecule has 0 saturated heterocycles. The Morgan fingerprint density at radius 2 is 1.74 bits per heavy atom. The fourth-order valence-electron chi connectivity index (χ4n) is 2.94. The van der Waals surface area contributed by atoms with Crippen LogP contribution in [0.5, 0.6) is 0 Å². The smallest absolute Gasteiger partial charge is 0.168 e. The first-order chi connectivity index (χ1) is 15.1. The van der Waals surface area contributed by atoms with E-state index in [4.69, 9.17) is 4.74 Å². The monoisotopic (exact) mass is 446 g/mol. The van der Waals surface area contributed by atoms with Crippen LogP contribution >= 0.6 is 0 Å². The zero-order valence-corrected chi connectivity index (χ0v) is 17.4. The molecule has 2 aromatic heterocycles. The third kappa shape index (κ3) is 4.49. The number of anilines is 2. The quantitative estimate of drug-likeness (QED) is 0.251. The Balaban J connectivity index is 1.82. The summed E-state index contributed by atoms with van der Waals surface area (Å²) in [6, 6.07) is 9.54. The summed E-state index contributed by atoms with van der Waals surface area (Å²) in [6.07, 6.45) is 3.53. The van der Waals surface area contributed by atoms with E-state index in [-0.39, 0.29) is 35.1 Å². The predicted molar refractivity (Wildman–Crippen MR) is 116 cm³/mol. The summed E-state index contributed by atoms with van der Waals surface area (Å²) in [5.41, 5.74) is 0.399. The van der Waals surface area contributed by atoms with Crippen LogP contribution in [0.3, 0.4) is 0 Å². The molecule has 2 heterocycles. The highest BCUT2D eigenvalue weighted by molar-refractivity contribution is 7.77. The van der Waals surface area contributed by atoms with Gasteiger partial charge in [0.15, 0.2) is 22.8 Å². The Labute approximate surface area is 180 Å². The van der Waals surface area contributed by atoms with E-state index in [1.54, 1.807) is 16.7 Å². The maximum absolute atomic E-state index is 14.4. The highest BCUT2D eigenvalue weighted by Crippen LogP contribution is 2.29. The van der Waals surface area contributed by atoms with E-state index in [2.05, 4.69) is 20.3 Å². The number of nitrogens with zero attached hydrogens (tertiary/aromatic N) is 4. The largest absolute Gasteiger partial charge is 0.356 e. The number of imidazole rings is 1. The van der Waals surface area contributed by atoms with Crippen molar-refractivity contribution < 1.29 is 17.9 Å². The number of para-hydroxylation sites is 1. The Kier molecular flexibility index (Phi) is 6.38. The van der Waals surface area contributed by atoms with E-state index in [9.17, 15) is 13.2 Å². The molecule has 0 unspecified atom stereocenters. The number of hydrogen-bond donors (Lipinski definition) is 1. The van der Waals surface area contributed by atoms with Crippen LogP contribution in [0.1, 0.15) is 0 Å². The minimum atomic E-state index is -0.791. The van der Waals surface area contributed by atoms with Gasteiger partial charge in [0.05, 0.1) is 24.8 Å². The number of ether oxygens (including phenoxy) is 1. The fraction of sp³-hybridized carbons (Fsp3) is 0.190. The minimum Gasteiger partial charge on any atom is -0.356 e. The van der Waals surface area contributed by atoms with Gasteiger partial charge < -0.3 is 10.1 Å². The molecule has 0 aliphatic carbocycles. The summed E-state index contributed by atoms with van der Waals surface area (Å²) in [7, 11) is 0. The number of halogens is 3. The molecule has 160 valence electrons. The van der Waals surface area contributed by atoms with Gasteiger partial charge >= 0.3 is 0 Å². The number of nitrogens with one attached hydrogen (secondary N) is 1. The second-order valence-corrected chi connectivity index (χ2v) is 7.64.